The van der Waals surface area contributed by atoms with Crippen LogP contribution < -0.4 is 0 Å². The van der Waals surface area contributed by atoms with E-state index in [-0.39, 0.29) is 5.60 Å². The van der Waals surface area contributed by atoms with Crippen molar-refractivity contribution >= 4 is 0 Å². The van der Waals surface area contributed by atoms with Crippen LogP contribution >= 0.6 is 0 Å². The van der Waals surface area contributed by atoms with Gasteiger partial charge in [0, 0.05) is 0 Å². The van der Waals surface area contributed by atoms with Gasteiger partial charge in [-0.3, -0.25) is 0 Å². The topological polar surface area (TPSA) is 20.2 Å². The fourth-order valence-corrected chi connectivity index (χ4v) is 1.38. The third-order valence-corrected chi connectivity index (χ3v) is 2.35. The van der Waals surface area contributed by atoms with Crippen molar-refractivity contribution in [3.63, 3.8) is 0 Å². The Balaban J connectivity index is 0. The molecule has 1 heteroatoms. The predicted molar refractivity (Wildman–Crippen MR) is 61.0 cm³/mol. The summed E-state index contributed by atoms with van der Waals surface area (Å²) in [5.74, 6) is 0.838. The molecule has 1 nitrogen and oxygen atoms in total. The van der Waals surface area contributed by atoms with Crippen molar-refractivity contribution in [2.24, 2.45) is 5.92 Å². The standard InChI is InChI=1S/C8H16O.2C2H6/c1-7-3-5-8(2,9)6-4-7;2*1-2/h7,9H,3-6H2,1-2H3;2*1-2H3. The molecule has 0 saturated heterocycles. The second-order valence-electron chi connectivity index (χ2n) is 3.68. The second kappa shape index (κ2) is 8.55. The minimum Gasteiger partial charge on any atom is -0.390 e. The molecule has 0 bridgehead atoms. The van der Waals surface area contributed by atoms with Gasteiger partial charge < -0.3 is 5.11 Å². The summed E-state index contributed by atoms with van der Waals surface area (Å²) in [5, 5.41) is 9.49. The molecule has 0 atom stereocenters. The van der Waals surface area contributed by atoms with Gasteiger partial charge >= 0.3 is 0 Å². The third kappa shape index (κ3) is 8.29. The largest absolute Gasteiger partial charge is 0.390 e. The Morgan fingerprint density at radius 1 is 1.00 bits per heavy atom. The molecule has 0 aromatic carbocycles. The summed E-state index contributed by atoms with van der Waals surface area (Å²) in [7, 11) is 0. The molecule has 1 aliphatic carbocycles. The van der Waals surface area contributed by atoms with Crippen molar-refractivity contribution < 1.29 is 5.11 Å². The Morgan fingerprint density at radius 3 is 1.54 bits per heavy atom. The molecule has 0 unspecified atom stereocenters. The molecule has 1 N–H and O–H groups in total. The molecule has 1 saturated carbocycles. The van der Waals surface area contributed by atoms with E-state index in [0.717, 1.165) is 18.8 Å². The van der Waals surface area contributed by atoms with Crippen LogP contribution in [0.3, 0.4) is 0 Å². The van der Waals surface area contributed by atoms with Gasteiger partial charge in [0.2, 0.25) is 0 Å². The van der Waals surface area contributed by atoms with Crippen molar-refractivity contribution in [1.82, 2.24) is 0 Å². The average molecular weight is 188 g/mol. The summed E-state index contributed by atoms with van der Waals surface area (Å²) >= 11 is 0. The van der Waals surface area contributed by atoms with Gasteiger partial charge in [-0.15, -0.1) is 0 Å². The Labute approximate surface area is 84.6 Å². The summed E-state index contributed by atoms with van der Waals surface area (Å²) in [5.41, 5.74) is -0.341. The van der Waals surface area contributed by atoms with Crippen molar-refractivity contribution in [2.75, 3.05) is 0 Å². The maximum atomic E-state index is 9.49. The van der Waals surface area contributed by atoms with E-state index in [0.29, 0.717) is 0 Å². The van der Waals surface area contributed by atoms with Crippen LogP contribution in [-0.4, -0.2) is 10.7 Å². The molecule has 82 valence electrons. The summed E-state index contributed by atoms with van der Waals surface area (Å²) < 4.78 is 0. The van der Waals surface area contributed by atoms with Crippen LogP contribution in [0.4, 0.5) is 0 Å². The molecule has 0 spiro atoms. The van der Waals surface area contributed by atoms with Crippen molar-refractivity contribution in [2.45, 2.75) is 72.8 Å². The maximum Gasteiger partial charge on any atom is 0.0620 e. The highest BCUT2D eigenvalue weighted by molar-refractivity contribution is 4.79. The normalized spacial score (nSPS) is 32.1. The molecule has 0 heterocycles. The first-order valence-corrected chi connectivity index (χ1v) is 5.82. The Kier molecular flexibility index (Phi) is 10.2. The van der Waals surface area contributed by atoms with E-state index < -0.39 is 0 Å². The SMILES string of the molecule is CC.CC.CC1CCC(C)(O)CC1. The molecule has 13 heavy (non-hydrogen) atoms. The maximum absolute atomic E-state index is 9.49. The summed E-state index contributed by atoms with van der Waals surface area (Å²) in [6.07, 6.45) is 4.39. The van der Waals surface area contributed by atoms with Crippen LogP contribution in [0, 0.1) is 5.92 Å². The molecule has 1 rings (SSSR count). The van der Waals surface area contributed by atoms with E-state index in [1.165, 1.54) is 12.8 Å². The first-order valence-electron chi connectivity index (χ1n) is 5.82. The van der Waals surface area contributed by atoms with E-state index in [4.69, 9.17) is 0 Å². The van der Waals surface area contributed by atoms with Crippen LogP contribution in [0.5, 0.6) is 0 Å². The van der Waals surface area contributed by atoms with E-state index >= 15 is 0 Å². The second-order valence-corrected chi connectivity index (χ2v) is 3.68. The lowest BCUT2D eigenvalue weighted by atomic mass is 9.81. The lowest BCUT2D eigenvalue weighted by Gasteiger charge is -2.31. The zero-order valence-electron chi connectivity index (χ0n) is 10.4. The van der Waals surface area contributed by atoms with Gasteiger partial charge in [0.15, 0.2) is 0 Å². The van der Waals surface area contributed by atoms with E-state index in [9.17, 15) is 5.11 Å². The zero-order valence-corrected chi connectivity index (χ0v) is 10.4. The molecule has 0 aromatic rings. The van der Waals surface area contributed by atoms with E-state index in [1.807, 2.05) is 34.6 Å². The molecule has 1 fully saturated rings. The van der Waals surface area contributed by atoms with Crippen molar-refractivity contribution in [3.8, 4) is 0 Å². The number of hydrogen-bond acceptors (Lipinski definition) is 1. The molecule has 0 aromatic heterocycles. The van der Waals surface area contributed by atoms with Gasteiger partial charge in [-0.25, -0.2) is 0 Å². The highest BCUT2D eigenvalue weighted by Crippen LogP contribution is 2.30. The van der Waals surface area contributed by atoms with Crippen LogP contribution in [-0.2, 0) is 0 Å². The highest BCUT2D eigenvalue weighted by Gasteiger charge is 2.26. The Bertz CT molecular complexity index is 87.3. The molecular weight excluding hydrogens is 160 g/mol. The van der Waals surface area contributed by atoms with Gasteiger partial charge in [0.25, 0.3) is 0 Å². The quantitative estimate of drug-likeness (QED) is 0.609. The molecule has 0 amide bonds. The van der Waals surface area contributed by atoms with Gasteiger partial charge in [0.05, 0.1) is 5.60 Å². The Hall–Kier alpha value is -0.0400. The summed E-state index contributed by atoms with van der Waals surface area (Å²) in [6.45, 7) is 12.2. The monoisotopic (exact) mass is 188 g/mol. The highest BCUT2D eigenvalue weighted by atomic mass is 16.3. The molecule has 0 radical (unpaired) electrons. The number of rotatable bonds is 0. The van der Waals surface area contributed by atoms with Gasteiger partial charge in [-0.05, 0) is 38.5 Å². The fourth-order valence-electron chi connectivity index (χ4n) is 1.38. The lowest BCUT2D eigenvalue weighted by molar-refractivity contribution is 0.0104. The van der Waals surface area contributed by atoms with Gasteiger partial charge in [0.1, 0.15) is 0 Å². The van der Waals surface area contributed by atoms with Crippen molar-refractivity contribution in [1.29, 1.82) is 0 Å². The zero-order chi connectivity index (χ0) is 10.9. The summed E-state index contributed by atoms with van der Waals surface area (Å²) in [6, 6.07) is 0. The molecule has 1 aliphatic rings. The lowest BCUT2D eigenvalue weighted by Crippen LogP contribution is -2.29. The molecule has 0 aliphatic heterocycles. The fraction of sp³-hybridized carbons (Fsp3) is 1.00. The van der Waals surface area contributed by atoms with Crippen LogP contribution in [0.25, 0.3) is 0 Å². The first-order chi connectivity index (χ1) is 6.10. The minimum absolute atomic E-state index is 0.341. The first kappa shape index (κ1) is 15.4. The summed E-state index contributed by atoms with van der Waals surface area (Å²) in [4.78, 5) is 0. The van der Waals surface area contributed by atoms with E-state index in [2.05, 4.69) is 6.92 Å². The Morgan fingerprint density at radius 2 is 1.31 bits per heavy atom. The van der Waals surface area contributed by atoms with Gasteiger partial charge in [-0.2, -0.15) is 0 Å². The number of hydrogen-bond donors (Lipinski definition) is 1. The third-order valence-electron chi connectivity index (χ3n) is 2.35. The number of aliphatic hydroxyl groups is 1. The van der Waals surface area contributed by atoms with Crippen LogP contribution in [0.2, 0.25) is 0 Å². The van der Waals surface area contributed by atoms with Gasteiger partial charge in [-0.1, -0.05) is 34.6 Å². The van der Waals surface area contributed by atoms with E-state index in [1.54, 1.807) is 0 Å². The average Bonchev–Trinajstić information content (AvgIpc) is 2.17. The van der Waals surface area contributed by atoms with Crippen molar-refractivity contribution in [3.05, 3.63) is 0 Å². The minimum atomic E-state index is -0.341. The van der Waals surface area contributed by atoms with Crippen LogP contribution in [0.15, 0.2) is 0 Å². The smallest absolute Gasteiger partial charge is 0.0620 e. The van der Waals surface area contributed by atoms with Crippen LogP contribution in [0.1, 0.15) is 67.2 Å². The predicted octanol–water partition coefficient (Wildman–Crippen LogP) is 4.00. The molecular formula is C12H28O.